The van der Waals surface area contributed by atoms with Crippen molar-refractivity contribution >= 4 is 21.6 Å². The lowest BCUT2D eigenvalue weighted by Gasteiger charge is -2.30. The molecule has 0 aromatic heterocycles. The summed E-state index contributed by atoms with van der Waals surface area (Å²) < 4.78 is 58.9. The molecule has 0 aliphatic carbocycles. The molecule has 2 aromatic carbocycles. The van der Waals surface area contributed by atoms with Crippen LogP contribution in [-0.2, 0) is 14.8 Å². The summed E-state index contributed by atoms with van der Waals surface area (Å²) in [7, 11) is -3.67. The maximum absolute atomic E-state index is 13.7. The molecule has 1 fully saturated rings. The number of ether oxygens (including phenoxy) is 1. The molecule has 1 saturated heterocycles. The van der Waals surface area contributed by atoms with Crippen LogP contribution in [0.4, 0.5) is 14.5 Å². The Balaban J connectivity index is 1.61. The van der Waals surface area contributed by atoms with Crippen molar-refractivity contribution in [2.24, 2.45) is 5.92 Å². The average Bonchev–Trinajstić information content (AvgIpc) is 2.71. The van der Waals surface area contributed by atoms with E-state index in [1.54, 1.807) is 12.1 Å². The molecule has 1 amide bonds. The van der Waals surface area contributed by atoms with Crippen molar-refractivity contribution in [2.75, 3.05) is 25.0 Å². The standard InChI is InChI=1S/C20H22F2N2O4S/c1-2-28-16-4-6-17(7-5-16)29(26,27)24-11-9-14(10-12-24)20(25)23-19-8-3-15(21)13-18(19)22/h3-8,13-14H,2,9-12H2,1H3,(H,23,25). The Morgan fingerprint density at radius 2 is 1.79 bits per heavy atom. The van der Waals surface area contributed by atoms with Crippen molar-refractivity contribution in [1.82, 2.24) is 4.31 Å². The van der Waals surface area contributed by atoms with Crippen LogP contribution in [0.1, 0.15) is 19.8 Å². The second kappa shape index (κ2) is 8.87. The first-order chi connectivity index (χ1) is 13.8. The molecule has 1 heterocycles. The molecule has 1 N–H and O–H groups in total. The Hall–Kier alpha value is -2.52. The number of nitrogens with one attached hydrogen (secondary N) is 1. The number of sulfonamides is 1. The molecule has 1 aliphatic heterocycles. The topological polar surface area (TPSA) is 75.7 Å². The zero-order valence-corrected chi connectivity index (χ0v) is 16.7. The third-order valence-electron chi connectivity index (χ3n) is 4.79. The molecule has 0 atom stereocenters. The van der Waals surface area contributed by atoms with E-state index in [1.165, 1.54) is 16.4 Å². The normalized spacial score (nSPS) is 15.8. The number of amides is 1. The number of rotatable bonds is 6. The van der Waals surface area contributed by atoms with E-state index in [9.17, 15) is 22.0 Å². The minimum atomic E-state index is -3.67. The molecule has 0 saturated carbocycles. The summed E-state index contributed by atoms with van der Waals surface area (Å²) in [6.07, 6.45) is 0.621. The van der Waals surface area contributed by atoms with E-state index >= 15 is 0 Å². The zero-order chi connectivity index (χ0) is 21.0. The fourth-order valence-corrected chi connectivity index (χ4v) is 4.68. The minimum absolute atomic E-state index is 0.0964. The predicted molar refractivity (Wildman–Crippen MR) is 104 cm³/mol. The number of carbonyl (C=O) groups is 1. The van der Waals surface area contributed by atoms with Gasteiger partial charge in [-0.2, -0.15) is 4.31 Å². The summed E-state index contributed by atoms with van der Waals surface area (Å²) in [4.78, 5) is 12.5. The van der Waals surface area contributed by atoms with Gasteiger partial charge >= 0.3 is 0 Å². The number of nitrogens with zero attached hydrogens (tertiary/aromatic N) is 1. The van der Waals surface area contributed by atoms with Crippen LogP contribution in [0.5, 0.6) is 5.75 Å². The Bertz CT molecular complexity index is 972. The van der Waals surface area contributed by atoms with Gasteiger partial charge < -0.3 is 10.1 Å². The zero-order valence-electron chi connectivity index (χ0n) is 15.9. The first-order valence-corrected chi connectivity index (χ1v) is 10.7. The minimum Gasteiger partial charge on any atom is -0.494 e. The van der Waals surface area contributed by atoms with Gasteiger partial charge in [-0.25, -0.2) is 17.2 Å². The van der Waals surface area contributed by atoms with E-state index in [1.807, 2.05) is 6.92 Å². The van der Waals surface area contributed by atoms with Gasteiger partial charge in [-0.1, -0.05) is 0 Å². The van der Waals surface area contributed by atoms with Crippen LogP contribution >= 0.6 is 0 Å². The van der Waals surface area contributed by atoms with Crippen LogP contribution in [0.15, 0.2) is 47.4 Å². The smallest absolute Gasteiger partial charge is 0.243 e. The molecule has 0 spiro atoms. The molecule has 6 nitrogen and oxygen atoms in total. The monoisotopic (exact) mass is 424 g/mol. The maximum Gasteiger partial charge on any atom is 0.243 e. The highest BCUT2D eigenvalue weighted by Crippen LogP contribution is 2.26. The summed E-state index contributed by atoms with van der Waals surface area (Å²) in [5.41, 5.74) is -0.0964. The molecule has 1 aliphatic rings. The number of carbonyl (C=O) groups excluding carboxylic acids is 1. The Morgan fingerprint density at radius 1 is 1.14 bits per heavy atom. The average molecular weight is 424 g/mol. The van der Waals surface area contributed by atoms with Gasteiger partial charge in [0.25, 0.3) is 0 Å². The molecular formula is C20H22F2N2O4S. The summed E-state index contributed by atoms with van der Waals surface area (Å²) in [6, 6.07) is 9.12. The second-order valence-corrected chi connectivity index (χ2v) is 8.63. The van der Waals surface area contributed by atoms with Crippen LogP contribution in [0, 0.1) is 17.6 Å². The van der Waals surface area contributed by atoms with Crippen molar-refractivity contribution in [2.45, 2.75) is 24.7 Å². The van der Waals surface area contributed by atoms with Gasteiger partial charge in [0.2, 0.25) is 15.9 Å². The van der Waals surface area contributed by atoms with Gasteiger partial charge in [-0.3, -0.25) is 4.79 Å². The molecule has 156 valence electrons. The summed E-state index contributed by atoms with van der Waals surface area (Å²) in [5.74, 6) is -1.85. The first kappa shape index (κ1) is 21.2. The highest BCUT2D eigenvalue weighted by molar-refractivity contribution is 7.89. The van der Waals surface area contributed by atoms with Gasteiger partial charge in [0.15, 0.2) is 0 Å². The molecular weight excluding hydrogens is 402 g/mol. The quantitative estimate of drug-likeness (QED) is 0.771. The van der Waals surface area contributed by atoms with Crippen LogP contribution in [0.3, 0.4) is 0 Å². The predicted octanol–water partition coefficient (Wildman–Crippen LogP) is 3.40. The number of hydrogen-bond acceptors (Lipinski definition) is 4. The second-order valence-electron chi connectivity index (χ2n) is 6.70. The van der Waals surface area contributed by atoms with Crippen LogP contribution in [-0.4, -0.2) is 38.3 Å². The number of hydrogen-bond donors (Lipinski definition) is 1. The van der Waals surface area contributed by atoms with E-state index in [0.29, 0.717) is 31.3 Å². The van der Waals surface area contributed by atoms with Gasteiger partial charge in [0.1, 0.15) is 17.4 Å². The van der Waals surface area contributed by atoms with Crippen molar-refractivity contribution in [3.8, 4) is 5.75 Å². The summed E-state index contributed by atoms with van der Waals surface area (Å²) in [5, 5.41) is 2.45. The molecule has 9 heteroatoms. The molecule has 3 rings (SSSR count). The molecule has 0 radical (unpaired) electrons. The number of piperidine rings is 1. The maximum atomic E-state index is 13.7. The van der Waals surface area contributed by atoms with Gasteiger partial charge in [0, 0.05) is 25.1 Å². The summed E-state index contributed by atoms with van der Waals surface area (Å²) in [6.45, 7) is 2.69. The van der Waals surface area contributed by atoms with E-state index in [2.05, 4.69) is 5.32 Å². The summed E-state index contributed by atoms with van der Waals surface area (Å²) >= 11 is 0. The van der Waals surface area contributed by atoms with Gasteiger partial charge in [0.05, 0.1) is 17.2 Å². The highest BCUT2D eigenvalue weighted by Gasteiger charge is 2.32. The molecule has 0 bridgehead atoms. The lowest BCUT2D eigenvalue weighted by molar-refractivity contribution is -0.120. The van der Waals surface area contributed by atoms with Crippen molar-refractivity contribution in [3.05, 3.63) is 54.1 Å². The number of benzene rings is 2. The third-order valence-corrected chi connectivity index (χ3v) is 6.70. The van der Waals surface area contributed by atoms with Crippen molar-refractivity contribution in [1.29, 1.82) is 0 Å². The Kier molecular flexibility index (Phi) is 6.49. The first-order valence-electron chi connectivity index (χ1n) is 9.30. The van der Waals surface area contributed by atoms with Gasteiger partial charge in [-0.15, -0.1) is 0 Å². The van der Waals surface area contributed by atoms with Gasteiger partial charge in [-0.05, 0) is 56.2 Å². The van der Waals surface area contributed by atoms with Crippen molar-refractivity contribution < 1.29 is 26.7 Å². The lowest BCUT2D eigenvalue weighted by atomic mass is 9.97. The van der Waals surface area contributed by atoms with Crippen LogP contribution < -0.4 is 10.1 Å². The third kappa shape index (κ3) is 4.91. The molecule has 2 aromatic rings. The van der Waals surface area contributed by atoms with Crippen LogP contribution in [0.2, 0.25) is 0 Å². The SMILES string of the molecule is CCOc1ccc(S(=O)(=O)N2CCC(C(=O)Nc3ccc(F)cc3F)CC2)cc1. The van der Waals surface area contributed by atoms with E-state index in [0.717, 1.165) is 12.1 Å². The van der Waals surface area contributed by atoms with Crippen LogP contribution in [0.25, 0.3) is 0 Å². The molecule has 0 unspecified atom stereocenters. The molecule has 29 heavy (non-hydrogen) atoms. The Morgan fingerprint density at radius 3 is 2.38 bits per heavy atom. The highest BCUT2D eigenvalue weighted by atomic mass is 32.2. The largest absolute Gasteiger partial charge is 0.494 e. The lowest BCUT2D eigenvalue weighted by Crippen LogP contribution is -2.41. The van der Waals surface area contributed by atoms with E-state index < -0.39 is 33.5 Å². The number of halogens is 2. The van der Waals surface area contributed by atoms with E-state index in [4.69, 9.17) is 4.74 Å². The van der Waals surface area contributed by atoms with E-state index in [-0.39, 0.29) is 23.7 Å². The fraction of sp³-hybridized carbons (Fsp3) is 0.350. The van der Waals surface area contributed by atoms with Crippen molar-refractivity contribution in [3.63, 3.8) is 0 Å². The Labute approximate surface area is 168 Å². The number of anilines is 1. The fourth-order valence-electron chi connectivity index (χ4n) is 3.21.